The zero-order chi connectivity index (χ0) is 25.0. The van der Waals surface area contributed by atoms with Crippen molar-refractivity contribution < 1.29 is 29.4 Å². The van der Waals surface area contributed by atoms with Gasteiger partial charge in [0.25, 0.3) is 0 Å². The number of thioether (sulfide) groups is 1. The van der Waals surface area contributed by atoms with Gasteiger partial charge in [-0.15, -0.1) is 0 Å². The second-order valence-corrected chi connectivity index (χ2v) is 9.50. The fraction of sp³-hybridized carbons (Fsp3) is 0.810. The molecule has 0 aromatic carbocycles. The van der Waals surface area contributed by atoms with Gasteiger partial charge in [-0.05, 0) is 43.6 Å². The molecule has 10 nitrogen and oxygen atoms in total. The van der Waals surface area contributed by atoms with Crippen LogP contribution in [-0.4, -0.2) is 76.2 Å². The number of carbonyl (C=O) groups is 4. The average molecular weight is 477 g/mol. The molecule has 11 heteroatoms. The standard InChI is InChI=1S/C21H40N4O6S/c1-7-12(4)16(21(30)31)24-20(29)17(13(5)26)25-19(28)15(10-11(2)3)23-18(27)14(22)8-9-32-6/h11-17,26H,7-10,22H2,1-6H3,(H,23,27)(H,24,29)(H,25,28)(H,30,31). The molecule has 0 bridgehead atoms. The molecule has 0 heterocycles. The van der Waals surface area contributed by atoms with Crippen molar-refractivity contribution in [2.45, 2.75) is 84.2 Å². The Balaban J connectivity index is 5.42. The van der Waals surface area contributed by atoms with E-state index in [2.05, 4.69) is 16.0 Å². The molecule has 3 amide bonds. The Hall–Kier alpha value is -1.85. The van der Waals surface area contributed by atoms with Gasteiger partial charge in [-0.25, -0.2) is 4.79 Å². The van der Waals surface area contributed by atoms with Crippen LogP contribution in [0.5, 0.6) is 0 Å². The maximum absolute atomic E-state index is 12.9. The molecule has 0 aromatic heterocycles. The van der Waals surface area contributed by atoms with E-state index in [0.717, 1.165) is 0 Å². The molecule has 0 aliphatic carbocycles. The number of aliphatic hydroxyl groups excluding tert-OH is 1. The van der Waals surface area contributed by atoms with Crippen LogP contribution in [0.3, 0.4) is 0 Å². The number of carboxylic acid groups (broad SMARTS) is 1. The molecular formula is C21H40N4O6S. The third-order valence-corrected chi connectivity index (χ3v) is 5.79. The van der Waals surface area contributed by atoms with E-state index in [1.807, 2.05) is 20.1 Å². The number of amides is 3. The van der Waals surface area contributed by atoms with Crippen molar-refractivity contribution in [1.29, 1.82) is 0 Å². The lowest BCUT2D eigenvalue weighted by molar-refractivity contribution is -0.144. The molecule has 6 atom stereocenters. The number of hydrogen-bond acceptors (Lipinski definition) is 7. The first kappa shape index (κ1) is 30.1. The molecule has 7 N–H and O–H groups in total. The minimum atomic E-state index is -1.38. The second-order valence-electron chi connectivity index (χ2n) is 8.52. The lowest BCUT2D eigenvalue weighted by atomic mass is 9.98. The van der Waals surface area contributed by atoms with Crippen molar-refractivity contribution in [3.63, 3.8) is 0 Å². The lowest BCUT2D eigenvalue weighted by Crippen LogP contribution is -2.60. The molecule has 0 radical (unpaired) electrons. The van der Waals surface area contributed by atoms with Crippen LogP contribution in [0.15, 0.2) is 0 Å². The van der Waals surface area contributed by atoms with Gasteiger partial charge in [0.05, 0.1) is 12.1 Å². The Labute approximate surface area is 194 Å². The number of aliphatic carboxylic acids is 1. The highest BCUT2D eigenvalue weighted by Crippen LogP contribution is 2.10. The van der Waals surface area contributed by atoms with E-state index in [9.17, 15) is 29.4 Å². The smallest absolute Gasteiger partial charge is 0.326 e. The van der Waals surface area contributed by atoms with E-state index in [1.165, 1.54) is 6.92 Å². The number of aliphatic hydroxyl groups is 1. The molecule has 186 valence electrons. The zero-order valence-corrected chi connectivity index (χ0v) is 20.7. The maximum Gasteiger partial charge on any atom is 0.326 e. The fourth-order valence-corrected chi connectivity index (χ4v) is 3.43. The summed E-state index contributed by atoms with van der Waals surface area (Å²) in [6.07, 6.45) is 1.88. The Morgan fingerprint density at radius 2 is 1.50 bits per heavy atom. The predicted molar refractivity (Wildman–Crippen MR) is 125 cm³/mol. The van der Waals surface area contributed by atoms with Crippen LogP contribution in [-0.2, 0) is 19.2 Å². The van der Waals surface area contributed by atoms with Gasteiger partial charge in [-0.3, -0.25) is 14.4 Å². The largest absolute Gasteiger partial charge is 0.480 e. The molecule has 0 aliphatic heterocycles. The number of nitrogens with two attached hydrogens (primary N) is 1. The number of rotatable bonds is 15. The summed E-state index contributed by atoms with van der Waals surface area (Å²) in [5, 5.41) is 27.0. The first-order valence-electron chi connectivity index (χ1n) is 10.9. The number of carbonyl (C=O) groups excluding carboxylic acids is 3. The lowest BCUT2D eigenvalue weighted by Gasteiger charge is -2.28. The number of hydrogen-bond donors (Lipinski definition) is 6. The Kier molecular flexibility index (Phi) is 14.2. The molecule has 0 rings (SSSR count). The Bertz CT molecular complexity index is 631. The highest BCUT2D eigenvalue weighted by atomic mass is 32.2. The van der Waals surface area contributed by atoms with Crippen molar-refractivity contribution in [3.8, 4) is 0 Å². The van der Waals surface area contributed by atoms with E-state index in [0.29, 0.717) is 25.0 Å². The molecule has 0 aromatic rings. The minimum Gasteiger partial charge on any atom is -0.480 e. The monoisotopic (exact) mass is 476 g/mol. The molecule has 0 fully saturated rings. The summed E-state index contributed by atoms with van der Waals surface area (Å²) in [5.74, 6) is -2.74. The van der Waals surface area contributed by atoms with Crippen LogP contribution in [0, 0.1) is 11.8 Å². The Morgan fingerprint density at radius 1 is 0.938 bits per heavy atom. The minimum absolute atomic E-state index is 0.0501. The van der Waals surface area contributed by atoms with Gasteiger partial charge in [0.1, 0.15) is 18.1 Å². The van der Waals surface area contributed by atoms with Gasteiger partial charge in [-0.2, -0.15) is 11.8 Å². The van der Waals surface area contributed by atoms with Gasteiger partial charge >= 0.3 is 5.97 Å². The Morgan fingerprint density at radius 3 is 1.94 bits per heavy atom. The molecule has 0 saturated heterocycles. The van der Waals surface area contributed by atoms with Gasteiger partial charge in [0, 0.05) is 0 Å². The van der Waals surface area contributed by atoms with E-state index in [-0.39, 0.29) is 11.8 Å². The number of carboxylic acids is 1. The van der Waals surface area contributed by atoms with Crippen molar-refractivity contribution in [2.75, 3.05) is 12.0 Å². The summed E-state index contributed by atoms with van der Waals surface area (Å²) in [4.78, 5) is 49.5. The first-order chi connectivity index (χ1) is 14.8. The average Bonchev–Trinajstić information content (AvgIpc) is 2.71. The SMILES string of the molecule is CCC(C)C(NC(=O)C(NC(=O)C(CC(C)C)NC(=O)C(N)CCSC)C(C)O)C(=O)O. The van der Waals surface area contributed by atoms with E-state index < -0.39 is 54.0 Å². The van der Waals surface area contributed by atoms with Gasteiger partial charge in [0.15, 0.2) is 0 Å². The van der Waals surface area contributed by atoms with Gasteiger partial charge in [0.2, 0.25) is 17.7 Å². The van der Waals surface area contributed by atoms with E-state index >= 15 is 0 Å². The highest BCUT2D eigenvalue weighted by Gasteiger charge is 2.34. The van der Waals surface area contributed by atoms with Crippen LogP contribution in [0.1, 0.15) is 53.9 Å². The van der Waals surface area contributed by atoms with Crippen molar-refractivity contribution in [3.05, 3.63) is 0 Å². The van der Waals surface area contributed by atoms with Crippen molar-refractivity contribution in [2.24, 2.45) is 17.6 Å². The summed E-state index contributed by atoms with van der Waals surface area (Å²) in [6.45, 7) is 8.55. The molecule has 6 unspecified atom stereocenters. The summed E-state index contributed by atoms with van der Waals surface area (Å²) in [5.41, 5.74) is 5.89. The topological polar surface area (TPSA) is 171 Å². The van der Waals surface area contributed by atoms with Crippen LogP contribution in [0.25, 0.3) is 0 Å². The van der Waals surface area contributed by atoms with Crippen LogP contribution >= 0.6 is 11.8 Å². The predicted octanol–water partition coefficient (Wildman–Crippen LogP) is 0.0788. The molecular weight excluding hydrogens is 436 g/mol. The van der Waals surface area contributed by atoms with Crippen LogP contribution in [0.4, 0.5) is 0 Å². The first-order valence-corrected chi connectivity index (χ1v) is 12.3. The van der Waals surface area contributed by atoms with Crippen molar-refractivity contribution >= 4 is 35.5 Å². The highest BCUT2D eigenvalue weighted by molar-refractivity contribution is 7.98. The van der Waals surface area contributed by atoms with Crippen molar-refractivity contribution in [1.82, 2.24) is 16.0 Å². The van der Waals surface area contributed by atoms with E-state index in [1.54, 1.807) is 25.6 Å². The fourth-order valence-electron chi connectivity index (χ4n) is 2.94. The number of nitrogens with one attached hydrogen (secondary N) is 3. The molecule has 0 aliphatic rings. The quantitative estimate of drug-likeness (QED) is 0.193. The molecule has 0 spiro atoms. The molecule has 32 heavy (non-hydrogen) atoms. The summed E-state index contributed by atoms with van der Waals surface area (Å²) in [6, 6.07) is -4.27. The molecule has 0 saturated carbocycles. The van der Waals surface area contributed by atoms with Gasteiger partial charge in [-0.1, -0.05) is 34.1 Å². The normalized spacial score (nSPS) is 16.9. The third kappa shape index (κ3) is 10.6. The third-order valence-electron chi connectivity index (χ3n) is 5.15. The van der Waals surface area contributed by atoms with E-state index in [4.69, 9.17) is 5.73 Å². The van der Waals surface area contributed by atoms with Crippen LogP contribution in [0.2, 0.25) is 0 Å². The van der Waals surface area contributed by atoms with Crippen LogP contribution < -0.4 is 21.7 Å². The van der Waals surface area contributed by atoms with Gasteiger partial charge < -0.3 is 31.9 Å². The zero-order valence-electron chi connectivity index (χ0n) is 19.9. The second kappa shape index (κ2) is 15.1. The summed E-state index contributed by atoms with van der Waals surface area (Å²) >= 11 is 1.55. The summed E-state index contributed by atoms with van der Waals surface area (Å²) < 4.78 is 0. The summed E-state index contributed by atoms with van der Waals surface area (Å²) in [7, 11) is 0. The maximum atomic E-state index is 12.9.